The van der Waals surface area contributed by atoms with Crippen LogP contribution in [0.15, 0.2) is 24.3 Å². The molecule has 13 heavy (non-hydrogen) atoms. The highest BCUT2D eigenvalue weighted by Gasteiger charge is 2.16. The SMILES string of the molecule is CN1CCC(=O)c2ccccc2C1. The Bertz CT molecular complexity index is 333. The summed E-state index contributed by atoms with van der Waals surface area (Å²) in [5.74, 6) is 0.278. The normalized spacial score (nSPS) is 18.1. The molecule has 2 rings (SSSR count). The molecule has 0 aliphatic carbocycles. The summed E-state index contributed by atoms with van der Waals surface area (Å²) in [5.41, 5.74) is 2.07. The number of hydrogen-bond acceptors (Lipinski definition) is 2. The molecule has 2 heteroatoms. The Balaban J connectivity index is 2.43. The molecule has 0 spiro atoms. The quantitative estimate of drug-likeness (QED) is 0.598. The molecule has 1 aliphatic heterocycles. The molecule has 0 saturated heterocycles. The van der Waals surface area contributed by atoms with E-state index in [0.717, 1.165) is 24.2 Å². The van der Waals surface area contributed by atoms with E-state index in [-0.39, 0.29) is 5.78 Å². The number of ketones is 1. The maximum Gasteiger partial charge on any atom is 0.164 e. The van der Waals surface area contributed by atoms with E-state index in [0.29, 0.717) is 6.42 Å². The van der Waals surface area contributed by atoms with Crippen LogP contribution in [-0.2, 0) is 6.54 Å². The summed E-state index contributed by atoms with van der Waals surface area (Å²) in [5, 5.41) is 0. The van der Waals surface area contributed by atoms with E-state index in [9.17, 15) is 4.79 Å². The molecule has 0 aromatic heterocycles. The Kier molecular flexibility index (Phi) is 2.15. The summed E-state index contributed by atoms with van der Waals surface area (Å²) >= 11 is 0. The first-order chi connectivity index (χ1) is 6.27. The van der Waals surface area contributed by atoms with E-state index in [1.165, 1.54) is 0 Å². The highest BCUT2D eigenvalue weighted by Crippen LogP contribution is 2.16. The van der Waals surface area contributed by atoms with Crippen molar-refractivity contribution in [3.05, 3.63) is 35.4 Å². The number of carbonyl (C=O) groups excluding carboxylic acids is 1. The van der Waals surface area contributed by atoms with Gasteiger partial charge in [-0.25, -0.2) is 0 Å². The maximum absolute atomic E-state index is 11.6. The van der Waals surface area contributed by atoms with Gasteiger partial charge < -0.3 is 4.90 Å². The van der Waals surface area contributed by atoms with Gasteiger partial charge in [0.15, 0.2) is 5.78 Å². The minimum atomic E-state index is 0.278. The monoisotopic (exact) mass is 175 g/mol. The highest BCUT2D eigenvalue weighted by atomic mass is 16.1. The zero-order valence-electron chi connectivity index (χ0n) is 7.79. The molecule has 1 aliphatic rings. The highest BCUT2D eigenvalue weighted by molar-refractivity contribution is 5.97. The van der Waals surface area contributed by atoms with Gasteiger partial charge in [0.25, 0.3) is 0 Å². The Morgan fingerprint density at radius 3 is 2.92 bits per heavy atom. The van der Waals surface area contributed by atoms with Gasteiger partial charge in [-0.15, -0.1) is 0 Å². The smallest absolute Gasteiger partial charge is 0.164 e. The van der Waals surface area contributed by atoms with Gasteiger partial charge in [-0.1, -0.05) is 24.3 Å². The Morgan fingerprint density at radius 1 is 1.31 bits per heavy atom. The second-order valence-corrected chi connectivity index (χ2v) is 3.57. The third kappa shape index (κ3) is 1.63. The van der Waals surface area contributed by atoms with E-state index in [2.05, 4.69) is 11.9 Å². The van der Waals surface area contributed by atoms with Crippen molar-refractivity contribution in [2.45, 2.75) is 13.0 Å². The largest absolute Gasteiger partial charge is 0.302 e. The molecular formula is C11H13NO. The zero-order valence-corrected chi connectivity index (χ0v) is 7.79. The van der Waals surface area contributed by atoms with Crippen molar-refractivity contribution in [1.29, 1.82) is 0 Å². The fraction of sp³-hybridized carbons (Fsp3) is 0.364. The minimum absolute atomic E-state index is 0.278. The van der Waals surface area contributed by atoms with E-state index >= 15 is 0 Å². The van der Waals surface area contributed by atoms with Gasteiger partial charge in [0.2, 0.25) is 0 Å². The van der Waals surface area contributed by atoms with Gasteiger partial charge in [-0.05, 0) is 12.6 Å². The zero-order chi connectivity index (χ0) is 9.26. The molecule has 68 valence electrons. The molecule has 1 heterocycles. The summed E-state index contributed by atoms with van der Waals surface area (Å²) in [6, 6.07) is 7.89. The first-order valence-electron chi connectivity index (χ1n) is 4.57. The second-order valence-electron chi connectivity index (χ2n) is 3.57. The standard InChI is InChI=1S/C11H13NO/c1-12-7-6-11(13)10-5-3-2-4-9(10)8-12/h2-5H,6-8H2,1H3. The lowest BCUT2D eigenvalue weighted by molar-refractivity contribution is 0.0976. The number of fused-ring (bicyclic) bond motifs is 1. The molecule has 1 aromatic carbocycles. The molecule has 1 aromatic rings. The average Bonchev–Trinajstić information content (AvgIpc) is 2.27. The molecule has 0 amide bonds. The third-order valence-corrected chi connectivity index (χ3v) is 2.48. The van der Waals surface area contributed by atoms with Crippen molar-refractivity contribution >= 4 is 5.78 Å². The molecule has 0 atom stereocenters. The fourth-order valence-corrected chi connectivity index (χ4v) is 1.73. The van der Waals surface area contributed by atoms with Crippen LogP contribution < -0.4 is 0 Å². The van der Waals surface area contributed by atoms with Crippen molar-refractivity contribution < 1.29 is 4.79 Å². The van der Waals surface area contributed by atoms with Gasteiger partial charge in [-0.3, -0.25) is 4.79 Å². The van der Waals surface area contributed by atoms with Crippen molar-refractivity contribution in [2.75, 3.05) is 13.6 Å². The Hall–Kier alpha value is -1.15. The predicted octanol–water partition coefficient (Wildman–Crippen LogP) is 1.70. The number of hydrogen-bond donors (Lipinski definition) is 0. The van der Waals surface area contributed by atoms with Crippen LogP contribution in [0.5, 0.6) is 0 Å². The van der Waals surface area contributed by atoms with Crippen LogP contribution in [0.3, 0.4) is 0 Å². The van der Waals surface area contributed by atoms with Crippen molar-refractivity contribution in [3.63, 3.8) is 0 Å². The fourth-order valence-electron chi connectivity index (χ4n) is 1.73. The molecular weight excluding hydrogens is 162 g/mol. The number of nitrogens with zero attached hydrogens (tertiary/aromatic N) is 1. The van der Waals surface area contributed by atoms with Crippen LogP contribution in [0.4, 0.5) is 0 Å². The third-order valence-electron chi connectivity index (χ3n) is 2.48. The molecule has 2 nitrogen and oxygen atoms in total. The lowest BCUT2D eigenvalue weighted by atomic mass is 10.0. The minimum Gasteiger partial charge on any atom is -0.302 e. The van der Waals surface area contributed by atoms with Gasteiger partial charge >= 0.3 is 0 Å². The van der Waals surface area contributed by atoms with Crippen LogP contribution in [0.1, 0.15) is 22.3 Å². The molecule has 0 N–H and O–H groups in total. The second kappa shape index (κ2) is 3.30. The maximum atomic E-state index is 11.6. The Labute approximate surface area is 78.2 Å². The summed E-state index contributed by atoms with van der Waals surface area (Å²) in [6.45, 7) is 1.76. The molecule has 0 fully saturated rings. The van der Waals surface area contributed by atoms with Crippen LogP contribution in [0.25, 0.3) is 0 Å². The number of carbonyl (C=O) groups is 1. The lowest BCUT2D eigenvalue weighted by Gasteiger charge is -2.12. The summed E-state index contributed by atoms with van der Waals surface area (Å²) in [4.78, 5) is 13.8. The van der Waals surface area contributed by atoms with Crippen LogP contribution in [-0.4, -0.2) is 24.3 Å². The van der Waals surface area contributed by atoms with Crippen LogP contribution in [0, 0.1) is 0 Å². The van der Waals surface area contributed by atoms with E-state index < -0.39 is 0 Å². The molecule has 0 saturated carbocycles. The lowest BCUT2D eigenvalue weighted by Crippen LogP contribution is -2.17. The average molecular weight is 175 g/mol. The molecule has 0 radical (unpaired) electrons. The Morgan fingerprint density at radius 2 is 2.08 bits per heavy atom. The van der Waals surface area contributed by atoms with Crippen LogP contribution >= 0.6 is 0 Å². The predicted molar refractivity (Wildman–Crippen MR) is 51.7 cm³/mol. The summed E-state index contributed by atoms with van der Waals surface area (Å²) in [6.07, 6.45) is 0.646. The van der Waals surface area contributed by atoms with Crippen molar-refractivity contribution in [2.24, 2.45) is 0 Å². The van der Waals surface area contributed by atoms with E-state index in [1.807, 2.05) is 24.3 Å². The number of Topliss-reactive ketones (excluding diaryl/α,β-unsaturated/α-hetero) is 1. The van der Waals surface area contributed by atoms with Gasteiger partial charge in [0.05, 0.1) is 0 Å². The number of rotatable bonds is 0. The van der Waals surface area contributed by atoms with Gasteiger partial charge in [-0.2, -0.15) is 0 Å². The molecule has 0 unspecified atom stereocenters. The first-order valence-corrected chi connectivity index (χ1v) is 4.57. The number of benzene rings is 1. The van der Waals surface area contributed by atoms with Gasteiger partial charge in [0.1, 0.15) is 0 Å². The van der Waals surface area contributed by atoms with Crippen molar-refractivity contribution in [3.8, 4) is 0 Å². The van der Waals surface area contributed by atoms with E-state index in [1.54, 1.807) is 0 Å². The molecule has 0 bridgehead atoms. The van der Waals surface area contributed by atoms with Crippen LogP contribution in [0.2, 0.25) is 0 Å². The topological polar surface area (TPSA) is 20.3 Å². The van der Waals surface area contributed by atoms with Crippen molar-refractivity contribution in [1.82, 2.24) is 4.90 Å². The summed E-state index contributed by atoms with van der Waals surface area (Å²) in [7, 11) is 2.05. The first kappa shape index (κ1) is 8.45. The summed E-state index contributed by atoms with van der Waals surface area (Å²) < 4.78 is 0. The van der Waals surface area contributed by atoms with Gasteiger partial charge in [0, 0.05) is 25.1 Å². The van der Waals surface area contributed by atoms with E-state index in [4.69, 9.17) is 0 Å².